The third kappa shape index (κ3) is 3.53. The van der Waals surface area contributed by atoms with E-state index in [-0.39, 0.29) is 5.41 Å². The van der Waals surface area contributed by atoms with Crippen molar-refractivity contribution in [3.05, 3.63) is 10.6 Å². The van der Waals surface area contributed by atoms with Crippen LogP contribution >= 0.6 is 11.3 Å². The monoisotopic (exact) mass is 295 g/mol. The first-order chi connectivity index (χ1) is 9.43. The van der Waals surface area contributed by atoms with Crippen molar-refractivity contribution < 1.29 is 0 Å². The summed E-state index contributed by atoms with van der Waals surface area (Å²) in [6, 6.07) is 0.713. The Kier molecular flexibility index (Phi) is 5.08. The second-order valence-corrected chi connectivity index (χ2v) is 7.95. The van der Waals surface area contributed by atoms with Gasteiger partial charge in [0.25, 0.3) is 0 Å². The zero-order valence-corrected chi connectivity index (χ0v) is 14.4. The van der Waals surface area contributed by atoms with E-state index in [4.69, 9.17) is 4.98 Å². The van der Waals surface area contributed by atoms with Crippen LogP contribution < -0.4 is 10.2 Å². The number of aromatic nitrogens is 1. The second-order valence-electron chi connectivity index (χ2n) is 6.89. The molecule has 1 aromatic heterocycles. The number of hydrogen-bond donors (Lipinski definition) is 1. The Hall–Kier alpha value is -0.610. The zero-order chi connectivity index (χ0) is 14.8. The van der Waals surface area contributed by atoms with Gasteiger partial charge in [-0.2, -0.15) is 0 Å². The minimum absolute atomic E-state index is 0.123. The summed E-state index contributed by atoms with van der Waals surface area (Å²) in [5.74, 6) is 0. The van der Waals surface area contributed by atoms with Crippen molar-refractivity contribution in [1.82, 2.24) is 10.3 Å². The van der Waals surface area contributed by atoms with E-state index in [9.17, 15) is 0 Å². The molecule has 3 nitrogen and oxygen atoms in total. The molecule has 114 valence electrons. The molecule has 1 heterocycles. The molecule has 4 heteroatoms. The third-order valence-electron chi connectivity index (χ3n) is 4.03. The van der Waals surface area contributed by atoms with Gasteiger partial charge in [0.2, 0.25) is 0 Å². The molecule has 1 aromatic rings. The van der Waals surface area contributed by atoms with Crippen molar-refractivity contribution in [3.8, 4) is 0 Å². The van der Waals surface area contributed by atoms with Crippen LogP contribution in [0.25, 0.3) is 0 Å². The van der Waals surface area contributed by atoms with Gasteiger partial charge in [-0.1, -0.05) is 27.7 Å². The molecular formula is C16H29N3S. The van der Waals surface area contributed by atoms with E-state index >= 15 is 0 Å². The van der Waals surface area contributed by atoms with Crippen LogP contribution in [0, 0.1) is 0 Å². The smallest absolute Gasteiger partial charge is 0.185 e. The lowest BCUT2D eigenvalue weighted by Gasteiger charge is -2.34. The van der Waals surface area contributed by atoms with Crippen molar-refractivity contribution >= 4 is 16.5 Å². The Labute approximate surface area is 127 Å². The van der Waals surface area contributed by atoms with E-state index in [1.54, 1.807) is 0 Å². The molecule has 1 aliphatic carbocycles. The highest BCUT2D eigenvalue weighted by molar-refractivity contribution is 7.15. The Bertz CT molecular complexity index is 429. The minimum Gasteiger partial charge on any atom is -0.348 e. The van der Waals surface area contributed by atoms with Gasteiger partial charge in [-0.3, -0.25) is 0 Å². The standard InChI is InChI=1S/C16H29N3S/c1-6-10-17-11-13-14(16(2,3)4)18-15(20-13)19(5)12-8-7-9-12/h12,17H,6-11H2,1-5H3. The molecule has 0 spiro atoms. The first-order valence-electron chi connectivity index (χ1n) is 7.87. The van der Waals surface area contributed by atoms with Crippen LogP contribution in [0.1, 0.15) is 63.9 Å². The van der Waals surface area contributed by atoms with Crippen LogP contribution in [0.5, 0.6) is 0 Å². The summed E-state index contributed by atoms with van der Waals surface area (Å²) in [5, 5.41) is 4.73. The molecule has 1 aliphatic rings. The van der Waals surface area contributed by atoms with Gasteiger partial charge in [-0.25, -0.2) is 4.98 Å². The van der Waals surface area contributed by atoms with Crippen LogP contribution in [0.4, 0.5) is 5.13 Å². The number of anilines is 1. The maximum atomic E-state index is 4.97. The van der Waals surface area contributed by atoms with E-state index in [0.29, 0.717) is 6.04 Å². The average molecular weight is 295 g/mol. The molecule has 1 N–H and O–H groups in total. The molecule has 0 aliphatic heterocycles. The first-order valence-corrected chi connectivity index (χ1v) is 8.69. The van der Waals surface area contributed by atoms with Crippen LogP contribution in [0.15, 0.2) is 0 Å². The molecule has 0 atom stereocenters. The highest BCUT2D eigenvalue weighted by Gasteiger charge is 2.28. The fraction of sp³-hybridized carbons (Fsp3) is 0.812. The maximum Gasteiger partial charge on any atom is 0.185 e. The molecule has 0 saturated heterocycles. The number of hydrogen-bond acceptors (Lipinski definition) is 4. The summed E-state index contributed by atoms with van der Waals surface area (Å²) in [7, 11) is 2.21. The molecular weight excluding hydrogens is 266 g/mol. The fourth-order valence-electron chi connectivity index (χ4n) is 2.50. The molecule has 0 unspecified atom stereocenters. The van der Waals surface area contributed by atoms with Crippen molar-refractivity contribution in [1.29, 1.82) is 0 Å². The van der Waals surface area contributed by atoms with Gasteiger partial charge >= 0.3 is 0 Å². The molecule has 0 aromatic carbocycles. The lowest BCUT2D eigenvalue weighted by Crippen LogP contribution is -2.37. The molecule has 1 fully saturated rings. The van der Waals surface area contributed by atoms with Crippen LogP contribution in [-0.4, -0.2) is 24.6 Å². The third-order valence-corrected chi connectivity index (χ3v) is 5.18. The van der Waals surface area contributed by atoms with Crippen molar-refractivity contribution in [3.63, 3.8) is 0 Å². The second kappa shape index (κ2) is 6.44. The normalized spacial score (nSPS) is 16.2. The van der Waals surface area contributed by atoms with Crippen molar-refractivity contribution in [2.75, 3.05) is 18.5 Å². The SMILES string of the molecule is CCCNCc1sc(N(C)C2CCC2)nc1C(C)(C)C. The Balaban J connectivity index is 2.17. The topological polar surface area (TPSA) is 28.2 Å². The quantitative estimate of drug-likeness (QED) is 0.806. The number of nitrogens with zero attached hydrogens (tertiary/aromatic N) is 2. The Morgan fingerprint density at radius 1 is 1.35 bits per heavy atom. The summed E-state index contributed by atoms with van der Waals surface area (Å²) < 4.78 is 0. The van der Waals surface area contributed by atoms with Gasteiger partial charge in [0.15, 0.2) is 5.13 Å². The zero-order valence-electron chi connectivity index (χ0n) is 13.6. The summed E-state index contributed by atoms with van der Waals surface area (Å²) in [5.41, 5.74) is 1.39. The van der Waals surface area contributed by atoms with Crippen LogP contribution in [-0.2, 0) is 12.0 Å². The number of thiazole rings is 1. The Morgan fingerprint density at radius 2 is 2.05 bits per heavy atom. The predicted molar refractivity (Wildman–Crippen MR) is 88.9 cm³/mol. The van der Waals surface area contributed by atoms with Gasteiger partial charge in [-0.15, -0.1) is 11.3 Å². The molecule has 0 radical (unpaired) electrons. The van der Waals surface area contributed by atoms with E-state index in [0.717, 1.165) is 13.1 Å². The summed E-state index contributed by atoms with van der Waals surface area (Å²) >= 11 is 1.87. The molecule has 0 bridgehead atoms. The first kappa shape index (κ1) is 15.8. The highest BCUT2D eigenvalue weighted by atomic mass is 32.1. The number of nitrogens with one attached hydrogen (secondary N) is 1. The predicted octanol–water partition coefficient (Wildman–Crippen LogP) is 3.93. The van der Waals surface area contributed by atoms with Gasteiger partial charge in [-0.05, 0) is 32.2 Å². The van der Waals surface area contributed by atoms with E-state index in [2.05, 4.69) is 45.0 Å². The van der Waals surface area contributed by atoms with E-state index < -0.39 is 0 Å². The van der Waals surface area contributed by atoms with Crippen molar-refractivity contribution in [2.24, 2.45) is 0 Å². The molecule has 20 heavy (non-hydrogen) atoms. The summed E-state index contributed by atoms with van der Waals surface area (Å²) in [6.07, 6.45) is 5.20. The molecule has 1 saturated carbocycles. The fourth-order valence-corrected chi connectivity index (χ4v) is 3.78. The van der Waals surface area contributed by atoms with Crippen LogP contribution in [0.3, 0.4) is 0 Å². The van der Waals surface area contributed by atoms with Gasteiger partial charge in [0.1, 0.15) is 0 Å². The van der Waals surface area contributed by atoms with Crippen molar-refractivity contribution in [2.45, 2.75) is 71.4 Å². The van der Waals surface area contributed by atoms with Gasteiger partial charge < -0.3 is 10.2 Å². The van der Waals surface area contributed by atoms with E-state index in [1.165, 1.54) is 41.4 Å². The minimum atomic E-state index is 0.123. The lowest BCUT2D eigenvalue weighted by molar-refractivity contribution is 0.400. The Morgan fingerprint density at radius 3 is 2.55 bits per heavy atom. The number of rotatable bonds is 6. The lowest BCUT2D eigenvalue weighted by atomic mass is 9.91. The van der Waals surface area contributed by atoms with Gasteiger partial charge in [0, 0.05) is 29.9 Å². The summed E-state index contributed by atoms with van der Waals surface area (Å²) in [6.45, 7) is 11.0. The summed E-state index contributed by atoms with van der Waals surface area (Å²) in [4.78, 5) is 8.77. The van der Waals surface area contributed by atoms with Crippen LogP contribution in [0.2, 0.25) is 0 Å². The molecule has 2 rings (SSSR count). The van der Waals surface area contributed by atoms with E-state index in [1.807, 2.05) is 11.3 Å². The van der Waals surface area contributed by atoms with Gasteiger partial charge in [0.05, 0.1) is 5.69 Å². The maximum absolute atomic E-state index is 4.97. The average Bonchev–Trinajstić information content (AvgIpc) is 2.71. The highest BCUT2D eigenvalue weighted by Crippen LogP contribution is 2.36. The molecule has 0 amide bonds. The largest absolute Gasteiger partial charge is 0.348 e.